The molecule has 0 aliphatic heterocycles. The zero-order valence-electron chi connectivity index (χ0n) is 14.1. The Labute approximate surface area is 137 Å². The molecule has 0 fully saturated rings. The molecule has 0 heterocycles. The third kappa shape index (κ3) is 5.08. The Bertz CT molecular complexity index is 563. The van der Waals surface area contributed by atoms with Crippen molar-refractivity contribution >= 4 is 5.91 Å². The van der Waals surface area contributed by atoms with Crippen molar-refractivity contribution < 1.29 is 13.9 Å². The molecule has 1 aromatic rings. The van der Waals surface area contributed by atoms with Crippen LogP contribution in [0.2, 0.25) is 0 Å². The van der Waals surface area contributed by atoms with Crippen molar-refractivity contribution in [1.82, 2.24) is 5.32 Å². The van der Waals surface area contributed by atoms with Gasteiger partial charge in [0, 0.05) is 5.92 Å². The molecule has 0 spiro atoms. The van der Waals surface area contributed by atoms with Crippen LogP contribution in [0, 0.1) is 17.2 Å². The highest BCUT2D eigenvalue weighted by molar-refractivity contribution is 5.79. The van der Waals surface area contributed by atoms with Crippen LogP contribution in [0.25, 0.3) is 0 Å². The van der Waals surface area contributed by atoms with Crippen LogP contribution < -0.4 is 10.1 Å². The van der Waals surface area contributed by atoms with Crippen molar-refractivity contribution in [3.63, 3.8) is 0 Å². The molecular weight excluding hydrogens is 293 g/mol. The first kappa shape index (κ1) is 17.5. The van der Waals surface area contributed by atoms with Gasteiger partial charge in [-0.25, -0.2) is 4.39 Å². The number of carbonyl (C=O) groups is 1. The van der Waals surface area contributed by atoms with E-state index in [1.54, 1.807) is 18.2 Å². The van der Waals surface area contributed by atoms with Crippen LogP contribution in [0.15, 0.2) is 36.4 Å². The molecule has 1 aliphatic rings. The Morgan fingerprint density at radius 1 is 1.35 bits per heavy atom. The van der Waals surface area contributed by atoms with Gasteiger partial charge in [-0.05, 0) is 36.8 Å². The number of hydrogen-bond donors (Lipinski definition) is 1. The summed E-state index contributed by atoms with van der Waals surface area (Å²) < 4.78 is 19.3. The third-order valence-corrected chi connectivity index (χ3v) is 4.24. The summed E-state index contributed by atoms with van der Waals surface area (Å²) in [5.41, 5.74) is -0.175. The Balaban J connectivity index is 1.98. The van der Waals surface area contributed by atoms with E-state index in [2.05, 4.69) is 17.5 Å². The summed E-state index contributed by atoms with van der Waals surface area (Å²) in [5.74, 6) is -0.0785. The maximum absolute atomic E-state index is 13.7. The van der Waals surface area contributed by atoms with E-state index in [1.807, 2.05) is 20.8 Å². The Kier molecular flexibility index (Phi) is 5.80. The van der Waals surface area contributed by atoms with Crippen LogP contribution in [0.5, 0.6) is 5.75 Å². The third-order valence-electron chi connectivity index (χ3n) is 4.24. The highest BCUT2D eigenvalue weighted by Crippen LogP contribution is 2.24. The molecule has 0 radical (unpaired) electrons. The number of allylic oxidation sites excluding steroid dienone is 2. The SMILES string of the molecule is CC(C)(C)C(COc1ccccc1F)NC(=O)C1CC=CCC1. The maximum Gasteiger partial charge on any atom is 0.223 e. The molecule has 4 heteroatoms. The minimum absolute atomic E-state index is 0.0262. The van der Waals surface area contributed by atoms with Gasteiger partial charge < -0.3 is 10.1 Å². The molecule has 0 saturated carbocycles. The lowest BCUT2D eigenvalue weighted by Gasteiger charge is -2.33. The lowest BCUT2D eigenvalue weighted by Crippen LogP contribution is -2.49. The number of amides is 1. The van der Waals surface area contributed by atoms with Gasteiger partial charge >= 0.3 is 0 Å². The average molecular weight is 319 g/mol. The zero-order valence-corrected chi connectivity index (χ0v) is 14.1. The first-order valence-corrected chi connectivity index (χ1v) is 8.20. The first-order chi connectivity index (χ1) is 10.9. The topological polar surface area (TPSA) is 38.3 Å². The summed E-state index contributed by atoms with van der Waals surface area (Å²) in [7, 11) is 0. The second-order valence-electron chi connectivity index (χ2n) is 7.15. The fraction of sp³-hybridized carbons (Fsp3) is 0.526. The van der Waals surface area contributed by atoms with Gasteiger partial charge in [-0.1, -0.05) is 45.1 Å². The normalized spacial score (nSPS) is 19.2. The van der Waals surface area contributed by atoms with Crippen molar-refractivity contribution in [1.29, 1.82) is 0 Å². The second-order valence-corrected chi connectivity index (χ2v) is 7.15. The number of para-hydroxylation sites is 1. The maximum atomic E-state index is 13.7. The zero-order chi connectivity index (χ0) is 16.9. The van der Waals surface area contributed by atoms with Crippen LogP contribution in [0.4, 0.5) is 4.39 Å². The predicted molar refractivity (Wildman–Crippen MR) is 89.8 cm³/mol. The smallest absolute Gasteiger partial charge is 0.223 e. The molecule has 0 saturated heterocycles. The predicted octanol–water partition coefficient (Wildman–Crippen LogP) is 4.09. The molecular formula is C19H26FNO2. The van der Waals surface area contributed by atoms with Crippen molar-refractivity contribution in [2.75, 3.05) is 6.61 Å². The highest BCUT2D eigenvalue weighted by Gasteiger charge is 2.29. The average Bonchev–Trinajstić information content (AvgIpc) is 2.52. The lowest BCUT2D eigenvalue weighted by molar-refractivity contribution is -0.127. The van der Waals surface area contributed by atoms with Gasteiger partial charge in [-0.15, -0.1) is 0 Å². The van der Waals surface area contributed by atoms with Crippen LogP contribution in [0.1, 0.15) is 40.0 Å². The summed E-state index contributed by atoms with van der Waals surface area (Å²) in [6.45, 7) is 6.38. The molecule has 0 aromatic heterocycles. The number of hydrogen-bond acceptors (Lipinski definition) is 2. The standard InChI is InChI=1S/C19H26FNO2/c1-19(2,3)17(13-23-16-12-8-7-11-15(16)20)21-18(22)14-9-5-4-6-10-14/h4-5,7-8,11-12,14,17H,6,9-10,13H2,1-3H3,(H,21,22). The molecule has 2 atom stereocenters. The van der Waals surface area contributed by atoms with Crippen molar-refractivity contribution in [2.24, 2.45) is 11.3 Å². The molecule has 1 aliphatic carbocycles. The van der Waals surface area contributed by atoms with Gasteiger partial charge in [-0.2, -0.15) is 0 Å². The summed E-state index contributed by atoms with van der Waals surface area (Å²) >= 11 is 0. The molecule has 1 aromatic carbocycles. The number of rotatable bonds is 5. The van der Waals surface area contributed by atoms with Gasteiger partial charge in [0.2, 0.25) is 5.91 Å². The van der Waals surface area contributed by atoms with Gasteiger partial charge in [-0.3, -0.25) is 4.79 Å². The van der Waals surface area contributed by atoms with Gasteiger partial charge in [0.05, 0.1) is 6.04 Å². The van der Waals surface area contributed by atoms with E-state index in [1.165, 1.54) is 6.07 Å². The van der Waals surface area contributed by atoms with E-state index in [4.69, 9.17) is 4.74 Å². The molecule has 3 nitrogen and oxygen atoms in total. The van der Waals surface area contributed by atoms with E-state index < -0.39 is 0 Å². The fourth-order valence-corrected chi connectivity index (χ4v) is 2.56. The van der Waals surface area contributed by atoms with Gasteiger partial charge in [0.25, 0.3) is 0 Å². The van der Waals surface area contributed by atoms with E-state index in [9.17, 15) is 9.18 Å². The molecule has 2 rings (SSSR count). The minimum Gasteiger partial charge on any atom is -0.488 e. The van der Waals surface area contributed by atoms with Gasteiger partial charge in [0.1, 0.15) is 6.61 Å². The van der Waals surface area contributed by atoms with E-state index in [-0.39, 0.29) is 41.5 Å². The quantitative estimate of drug-likeness (QED) is 0.830. The number of benzene rings is 1. The van der Waals surface area contributed by atoms with E-state index >= 15 is 0 Å². The number of ether oxygens (including phenoxy) is 1. The molecule has 2 unspecified atom stereocenters. The summed E-state index contributed by atoms with van der Waals surface area (Å²) in [5, 5.41) is 3.10. The van der Waals surface area contributed by atoms with Crippen LogP contribution in [-0.4, -0.2) is 18.6 Å². The lowest BCUT2D eigenvalue weighted by atomic mass is 9.86. The largest absolute Gasteiger partial charge is 0.488 e. The van der Waals surface area contributed by atoms with E-state index in [0.29, 0.717) is 0 Å². The summed E-state index contributed by atoms with van der Waals surface area (Å²) in [6.07, 6.45) is 6.80. The Hall–Kier alpha value is -1.84. The van der Waals surface area contributed by atoms with Crippen LogP contribution >= 0.6 is 0 Å². The number of halogens is 1. The number of nitrogens with one attached hydrogen (secondary N) is 1. The van der Waals surface area contributed by atoms with E-state index in [0.717, 1.165) is 19.3 Å². The van der Waals surface area contributed by atoms with Crippen LogP contribution in [0.3, 0.4) is 0 Å². The minimum atomic E-state index is -0.385. The molecule has 23 heavy (non-hydrogen) atoms. The first-order valence-electron chi connectivity index (χ1n) is 8.20. The molecule has 1 amide bonds. The summed E-state index contributed by atoms with van der Waals surface area (Å²) in [6, 6.07) is 6.15. The summed E-state index contributed by atoms with van der Waals surface area (Å²) in [4.78, 5) is 12.5. The molecule has 0 bridgehead atoms. The Morgan fingerprint density at radius 3 is 2.70 bits per heavy atom. The Morgan fingerprint density at radius 2 is 2.09 bits per heavy atom. The van der Waals surface area contributed by atoms with Crippen LogP contribution in [-0.2, 0) is 4.79 Å². The second kappa shape index (κ2) is 7.62. The number of carbonyl (C=O) groups excluding carboxylic acids is 1. The van der Waals surface area contributed by atoms with Crippen molar-refractivity contribution in [3.8, 4) is 5.75 Å². The highest BCUT2D eigenvalue weighted by atomic mass is 19.1. The molecule has 126 valence electrons. The molecule has 1 N–H and O–H groups in total. The van der Waals surface area contributed by atoms with Crippen molar-refractivity contribution in [2.45, 2.75) is 46.1 Å². The van der Waals surface area contributed by atoms with Gasteiger partial charge in [0.15, 0.2) is 11.6 Å². The fourth-order valence-electron chi connectivity index (χ4n) is 2.56. The van der Waals surface area contributed by atoms with Crippen molar-refractivity contribution in [3.05, 3.63) is 42.2 Å². The monoisotopic (exact) mass is 319 g/mol.